The Hall–Kier alpha value is -3.22. The Bertz CT molecular complexity index is 696. The van der Waals surface area contributed by atoms with Crippen molar-refractivity contribution in [2.45, 2.75) is 6.92 Å². The SMILES string of the molecule is CC(=O)Nc1ccc(N(N=O)c2ccc(C(=O)O)cc2)cc1. The van der Waals surface area contributed by atoms with E-state index in [1.54, 1.807) is 24.3 Å². The molecule has 2 rings (SSSR count). The number of carboxylic acids is 1. The zero-order valence-electron chi connectivity index (χ0n) is 11.7. The molecule has 112 valence electrons. The molecule has 0 fully saturated rings. The molecule has 7 heteroatoms. The number of nitrogens with zero attached hydrogens (tertiary/aromatic N) is 2. The second-order valence-corrected chi connectivity index (χ2v) is 4.47. The number of benzene rings is 2. The molecule has 0 unspecified atom stereocenters. The summed E-state index contributed by atoms with van der Waals surface area (Å²) in [7, 11) is 0. The van der Waals surface area contributed by atoms with Crippen LogP contribution in [0.15, 0.2) is 53.8 Å². The fraction of sp³-hybridized carbons (Fsp3) is 0.0667. The Labute approximate surface area is 126 Å². The Morgan fingerprint density at radius 1 is 1.00 bits per heavy atom. The number of aromatic carboxylic acids is 1. The number of rotatable bonds is 5. The molecule has 0 aliphatic carbocycles. The van der Waals surface area contributed by atoms with Gasteiger partial charge in [-0.2, -0.15) is 5.01 Å². The third kappa shape index (κ3) is 3.45. The van der Waals surface area contributed by atoms with Crippen molar-refractivity contribution in [2.75, 3.05) is 10.3 Å². The fourth-order valence-electron chi connectivity index (χ4n) is 1.88. The van der Waals surface area contributed by atoms with E-state index in [0.29, 0.717) is 17.1 Å². The van der Waals surface area contributed by atoms with E-state index in [1.165, 1.54) is 31.2 Å². The van der Waals surface area contributed by atoms with Gasteiger partial charge >= 0.3 is 5.97 Å². The molecule has 0 saturated carbocycles. The molecule has 0 radical (unpaired) electrons. The van der Waals surface area contributed by atoms with Crippen molar-refractivity contribution in [2.24, 2.45) is 5.29 Å². The Kier molecular flexibility index (Phi) is 4.47. The Balaban J connectivity index is 2.25. The maximum atomic E-state index is 11.1. The maximum absolute atomic E-state index is 11.1. The van der Waals surface area contributed by atoms with Gasteiger partial charge in [0, 0.05) is 12.6 Å². The van der Waals surface area contributed by atoms with E-state index in [1.807, 2.05) is 0 Å². The van der Waals surface area contributed by atoms with Gasteiger partial charge in [-0.15, -0.1) is 4.91 Å². The van der Waals surface area contributed by atoms with Crippen molar-refractivity contribution >= 4 is 28.9 Å². The largest absolute Gasteiger partial charge is 0.478 e. The third-order valence-electron chi connectivity index (χ3n) is 2.87. The van der Waals surface area contributed by atoms with Gasteiger partial charge in [-0.25, -0.2) is 4.79 Å². The summed E-state index contributed by atoms with van der Waals surface area (Å²) in [5, 5.41) is 15.5. The first kappa shape index (κ1) is 15.2. The molecule has 7 nitrogen and oxygen atoms in total. The number of hydrogen-bond acceptors (Lipinski definition) is 4. The summed E-state index contributed by atoms with van der Waals surface area (Å²) in [4.78, 5) is 32.8. The van der Waals surface area contributed by atoms with Gasteiger partial charge in [-0.05, 0) is 48.5 Å². The van der Waals surface area contributed by atoms with Crippen LogP contribution in [0.4, 0.5) is 17.1 Å². The zero-order chi connectivity index (χ0) is 16.1. The highest BCUT2D eigenvalue weighted by molar-refractivity contribution is 5.89. The standard InChI is InChI=1S/C15H13N3O4/c1-10(19)16-12-4-8-14(9-5-12)18(17-22)13-6-2-11(3-7-13)15(20)21/h2-9H,1H3,(H,16,19)(H,20,21). The Morgan fingerprint density at radius 3 is 1.91 bits per heavy atom. The number of carboxylic acid groups (broad SMARTS) is 1. The van der Waals surface area contributed by atoms with Gasteiger partial charge in [0.1, 0.15) is 0 Å². The van der Waals surface area contributed by atoms with Crippen LogP contribution in [0.5, 0.6) is 0 Å². The number of nitroso groups, excluding NO2 is 1. The predicted octanol–water partition coefficient (Wildman–Crippen LogP) is 3.16. The lowest BCUT2D eigenvalue weighted by Crippen LogP contribution is -2.09. The number of amides is 1. The molecule has 0 aromatic heterocycles. The average Bonchev–Trinajstić information content (AvgIpc) is 2.49. The normalized spacial score (nSPS) is 9.86. The van der Waals surface area contributed by atoms with Crippen LogP contribution in [-0.2, 0) is 4.79 Å². The minimum atomic E-state index is -1.04. The number of nitrogens with one attached hydrogen (secondary N) is 1. The third-order valence-corrected chi connectivity index (χ3v) is 2.87. The Morgan fingerprint density at radius 2 is 1.50 bits per heavy atom. The van der Waals surface area contributed by atoms with Crippen molar-refractivity contribution in [1.29, 1.82) is 0 Å². The topological polar surface area (TPSA) is 99.1 Å². The van der Waals surface area contributed by atoms with Crippen LogP contribution >= 0.6 is 0 Å². The number of anilines is 3. The van der Waals surface area contributed by atoms with Crippen molar-refractivity contribution in [3.8, 4) is 0 Å². The van der Waals surface area contributed by atoms with Crippen LogP contribution in [0, 0.1) is 4.91 Å². The first-order valence-electron chi connectivity index (χ1n) is 6.35. The second-order valence-electron chi connectivity index (χ2n) is 4.47. The second kappa shape index (κ2) is 6.49. The molecule has 0 atom stereocenters. The van der Waals surface area contributed by atoms with E-state index in [0.717, 1.165) is 5.01 Å². The van der Waals surface area contributed by atoms with Gasteiger partial charge in [0.25, 0.3) is 0 Å². The average molecular weight is 299 g/mol. The summed E-state index contributed by atoms with van der Waals surface area (Å²) in [5.41, 5.74) is 1.65. The molecule has 22 heavy (non-hydrogen) atoms. The van der Waals surface area contributed by atoms with Crippen molar-refractivity contribution < 1.29 is 14.7 Å². The molecular weight excluding hydrogens is 286 g/mol. The van der Waals surface area contributed by atoms with Crippen LogP contribution < -0.4 is 10.3 Å². The number of hydrogen-bond donors (Lipinski definition) is 2. The van der Waals surface area contributed by atoms with Crippen molar-refractivity contribution in [3.63, 3.8) is 0 Å². The lowest BCUT2D eigenvalue weighted by atomic mass is 10.2. The highest BCUT2D eigenvalue weighted by atomic mass is 16.4. The van der Waals surface area contributed by atoms with E-state index >= 15 is 0 Å². The van der Waals surface area contributed by atoms with Crippen LogP contribution in [0.1, 0.15) is 17.3 Å². The van der Waals surface area contributed by atoms with E-state index < -0.39 is 5.97 Å². The molecule has 2 N–H and O–H groups in total. The summed E-state index contributed by atoms with van der Waals surface area (Å²) in [6, 6.07) is 12.3. The number of carbonyl (C=O) groups is 2. The van der Waals surface area contributed by atoms with Gasteiger partial charge in [0.05, 0.1) is 22.2 Å². The van der Waals surface area contributed by atoms with Crippen molar-refractivity contribution in [3.05, 3.63) is 59.0 Å². The fourth-order valence-corrected chi connectivity index (χ4v) is 1.88. The summed E-state index contributed by atoms with van der Waals surface area (Å²) >= 11 is 0. The molecule has 0 aliphatic rings. The van der Waals surface area contributed by atoms with E-state index in [9.17, 15) is 14.5 Å². The van der Waals surface area contributed by atoms with Gasteiger partial charge in [0.2, 0.25) is 5.91 Å². The molecular formula is C15H13N3O4. The van der Waals surface area contributed by atoms with Crippen LogP contribution in [0.2, 0.25) is 0 Å². The molecule has 0 heterocycles. The molecule has 1 amide bonds. The van der Waals surface area contributed by atoms with Crippen LogP contribution in [0.3, 0.4) is 0 Å². The van der Waals surface area contributed by atoms with E-state index in [2.05, 4.69) is 10.6 Å². The van der Waals surface area contributed by atoms with Gasteiger partial charge in [-0.3, -0.25) is 4.79 Å². The van der Waals surface area contributed by atoms with Crippen LogP contribution in [0.25, 0.3) is 0 Å². The summed E-state index contributed by atoms with van der Waals surface area (Å²) in [6.07, 6.45) is 0. The summed E-state index contributed by atoms with van der Waals surface area (Å²) in [6.45, 7) is 1.40. The lowest BCUT2D eigenvalue weighted by Gasteiger charge is -2.16. The van der Waals surface area contributed by atoms with Gasteiger partial charge in [0.15, 0.2) is 0 Å². The maximum Gasteiger partial charge on any atom is 0.335 e. The molecule has 2 aromatic carbocycles. The van der Waals surface area contributed by atoms with Gasteiger partial charge < -0.3 is 10.4 Å². The molecule has 2 aromatic rings. The highest BCUT2D eigenvalue weighted by Crippen LogP contribution is 2.27. The predicted molar refractivity (Wildman–Crippen MR) is 82.1 cm³/mol. The smallest absolute Gasteiger partial charge is 0.335 e. The first-order valence-corrected chi connectivity index (χ1v) is 6.35. The molecule has 0 bridgehead atoms. The first-order chi connectivity index (χ1) is 10.5. The summed E-state index contributed by atoms with van der Waals surface area (Å²) < 4.78 is 0. The molecule has 0 spiro atoms. The minimum absolute atomic E-state index is 0.121. The van der Waals surface area contributed by atoms with Crippen molar-refractivity contribution in [1.82, 2.24) is 0 Å². The molecule has 0 saturated heterocycles. The number of carbonyl (C=O) groups excluding carboxylic acids is 1. The van der Waals surface area contributed by atoms with E-state index in [-0.39, 0.29) is 11.5 Å². The lowest BCUT2D eigenvalue weighted by molar-refractivity contribution is -0.114. The van der Waals surface area contributed by atoms with Crippen LogP contribution in [-0.4, -0.2) is 17.0 Å². The minimum Gasteiger partial charge on any atom is -0.478 e. The summed E-state index contributed by atoms with van der Waals surface area (Å²) in [5.74, 6) is -1.24. The monoisotopic (exact) mass is 299 g/mol. The van der Waals surface area contributed by atoms with E-state index in [4.69, 9.17) is 5.11 Å². The van der Waals surface area contributed by atoms with Gasteiger partial charge in [-0.1, -0.05) is 0 Å². The quantitative estimate of drug-likeness (QED) is 0.652. The zero-order valence-corrected chi connectivity index (χ0v) is 11.7. The molecule has 0 aliphatic heterocycles. The highest BCUT2D eigenvalue weighted by Gasteiger charge is 2.11.